The maximum atomic E-state index is 13.3. The number of carbonyl (C=O) groups is 2. The van der Waals surface area contributed by atoms with Gasteiger partial charge in [0, 0.05) is 23.6 Å². The van der Waals surface area contributed by atoms with E-state index >= 15 is 0 Å². The molecule has 1 unspecified atom stereocenters. The number of fused-ring (bicyclic) bond motifs is 1. The Balaban J connectivity index is 0.947. The van der Waals surface area contributed by atoms with Crippen molar-refractivity contribution < 1.29 is 14.3 Å². The van der Waals surface area contributed by atoms with Crippen molar-refractivity contribution in [2.24, 2.45) is 5.92 Å². The predicted molar refractivity (Wildman–Crippen MR) is 171 cm³/mol. The lowest BCUT2D eigenvalue weighted by atomic mass is 9.80. The molecule has 5 heteroatoms. The minimum absolute atomic E-state index is 0.0727. The molecule has 1 heterocycles. The summed E-state index contributed by atoms with van der Waals surface area (Å²) in [5.41, 5.74) is 5.01. The molecular formula is C38H40N2O3. The Labute approximate surface area is 254 Å². The van der Waals surface area contributed by atoms with Crippen molar-refractivity contribution in [1.29, 1.82) is 0 Å². The monoisotopic (exact) mass is 572 g/mol. The van der Waals surface area contributed by atoms with E-state index < -0.39 is 0 Å². The molecule has 1 atom stereocenters. The molecule has 0 bridgehead atoms. The molecule has 1 aliphatic carbocycles. The first-order valence-corrected chi connectivity index (χ1v) is 15.7. The summed E-state index contributed by atoms with van der Waals surface area (Å²) in [4.78, 5) is 28.8. The van der Waals surface area contributed by atoms with E-state index in [0.717, 1.165) is 73.5 Å². The molecule has 0 radical (unpaired) electrons. The van der Waals surface area contributed by atoms with Crippen molar-refractivity contribution in [2.45, 2.75) is 44.4 Å². The van der Waals surface area contributed by atoms with Crippen molar-refractivity contribution >= 4 is 11.7 Å². The first kappa shape index (κ1) is 28.9. The van der Waals surface area contributed by atoms with E-state index in [9.17, 15) is 9.59 Å². The number of para-hydroxylation sites is 1. The topological polar surface area (TPSA) is 58.6 Å². The highest BCUT2D eigenvalue weighted by molar-refractivity contribution is 6.02. The van der Waals surface area contributed by atoms with Gasteiger partial charge in [-0.2, -0.15) is 0 Å². The molecule has 0 spiro atoms. The van der Waals surface area contributed by atoms with Gasteiger partial charge in [-0.3, -0.25) is 9.59 Å². The average molecular weight is 573 g/mol. The first-order chi connectivity index (χ1) is 21.1. The SMILES string of the molecule is O=C(NCCc1ccc(Oc2ccccc2)cc1)c1ccc2c(c1)CCC(CCN1CCC(c3ccccc3)CC1)C2=O. The number of hydrogen-bond donors (Lipinski definition) is 1. The Bertz CT molecular complexity index is 1510. The molecule has 4 aromatic rings. The van der Waals surface area contributed by atoms with Crippen molar-refractivity contribution in [1.82, 2.24) is 10.2 Å². The van der Waals surface area contributed by atoms with Gasteiger partial charge in [0.25, 0.3) is 5.91 Å². The molecule has 1 aliphatic heterocycles. The molecule has 1 amide bonds. The summed E-state index contributed by atoms with van der Waals surface area (Å²) < 4.78 is 5.86. The first-order valence-electron chi connectivity index (χ1n) is 15.7. The second kappa shape index (κ2) is 13.8. The number of Topliss-reactive ketones (excluding diaryl/α,β-unsaturated/α-hetero) is 1. The van der Waals surface area contributed by atoms with Crippen LogP contribution in [0.3, 0.4) is 0 Å². The normalized spacial score (nSPS) is 17.3. The Kier molecular flexibility index (Phi) is 9.29. The number of piperidine rings is 1. The van der Waals surface area contributed by atoms with E-state index in [1.165, 1.54) is 18.4 Å². The van der Waals surface area contributed by atoms with E-state index in [0.29, 0.717) is 18.0 Å². The second-order valence-electron chi connectivity index (χ2n) is 11.9. The lowest BCUT2D eigenvalue weighted by Gasteiger charge is -2.33. The fraction of sp³-hybridized carbons (Fsp3) is 0.316. The fourth-order valence-corrected chi connectivity index (χ4v) is 6.46. The van der Waals surface area contributed by atoms with Gasteiger partial charge in [0.1, 0.15) is 11.5 Å². The summed E-state index contributed by atoms with van der Waals surface area (Å²) >= 11 is 0. The lowest BCUT2D eigenvalue weighted by molar-refractivity contribution is 0.0875. The molecule has 4 aromatic carbocycles. The quantitative estimate of drug-likeness (QED) is 0.214. The van der Waals surface area contributed by atoms with Crippen LogP contribution >= 0.6 is 0 Å². The van der Waals surface area contributed by atoms with Crippen LogP contribution in [-0.4, -0.2) is 42.8 Å². The Hall–Kier alpha value is -4.22. The summed E-state index contributed by atoms with van der Waals surface area (Å²) in [7, 11) is 0. The number of aryl methyl sites for hydroxylation is 1. The van der Waals surface area contributed by atoms with Crippen molar-refractivity contribution in [3.8, 4) is 11.5 Å². The third-order valence-corrected chi connectivity index (χ3v) is 9.02. The van der Waals surface area contributed by atoms with Gasteiger partial charge in [0.15, 0.2) is 5.78 Å². The average Bonchev–Trinajstić information content (AvgIpc) is 3.06. The van der Waals surface area contributed by atoms with Crippen molar-refractivity contribution in [2.75, 3.05) is 26.2 Å². The zero-order valence-electron chi connectivity index (χ0n) is 24.7. The molecule has 1 N–H and O–H groups in total. The molecule has 0 aromatic heterocycles. The summed E-state index contributed by atoms with van der Waals surface area (Å²) in [6, 6.07) is 34.1. The third-order valence-electron chi connectivity index (χ3n) is 9.02. The van der Waals surface area contributed by atoms with Crippen LogP contribution in [0, 0.1) is 5.92 Å². The summed E-state index contributed by atoms with van der Waals surface area (Å²) in [5, 5.41) is 3.04. The third kappa shape index (κ3) is 7.41. The minimum Gasteiger partial charge on any atom is -0.457 e. The number of nitrogens with one attached hydrogen (secondary N) is 1. The van der Waals surface area contributed by atoms with Crippen LogP contribution in [0.25, 0.3) is 0 Å². The molecular weight excluding hydrogens is 532 g/mol. The van der Waals surface area contributed by atoms with Crippen LogP contribution in [0.4, 0.5) is 0 Å². The molecule has 5 nitrogen and oxygen atoms in total. The molecule has 1 fully saturated rings. The van der Waals surface area contributed by atoms with E-state index in [2.05, 4.69) is 40.5 Å². The zero-order valence-corrected chi connectivity index (χ0v) is 24.7. The second-order valence-corrected chi connectivity index (χ2v) is 11.9. The van der Waals surface area contributed by atoms with E-state index in [4.69, 9.17) is 4.74 Å². The van der Waals surface area contributed by atoms with Crippen LogP contribution in [0.5, 0.6) is 11.5 Å². The number of benzene rings is 4. The number of carbonyl (C=O) groups excluding carboxylic acids is 2. The van der Waals surface area contributed by atoms with Crippen LogP contribution < -0.4 is 10.1 Å². The highest BCUT2D eigenvalue weighted by Crippen LogP contribution is 2.31. The smallest absolute Gasteiger partial charge is 0.251 e. The van der Waals surface area contributed by atoms with Crippen LogP contribution in [0.2, 0.25) is 0 Å². The molecule has 0 saturated carbocycles. The summed E-state index contributed by atoms with van der Waals surface area (Å²) in [6.45, 7) is 3.72. The van der Waals surface area contributed by atoms with Gasteiger partial charge in [-0.25, -0.2) is 0 Å². The van der Waals surface area contributed by atoms with Crippen molar-refractivity contribution in [3.63, 3.8) is 0 Å². The van der Waals surface area contributed by atoms with Gasteiger partial charge in [-0.1, -0.05) is 66.7 Å². The van der Waals surface area contributed by atoms with Crippen LogP contribution in [-0.2, 0) is 12.8 Å². The van der Waals surface area contributed by atoms with Gasteiger partial charge in [-0.05, 0) is 117 Å². The minimum atomic E-state index is -0.0969. The van der Waals surface area contributed by atoms with E-state index in [1.807, 2.05) is 66.7 Å². The maximum Gasteiger partial charge on any atom is 0.251 e. The highest BCUT2D eigenvalue weighted by atomic mass is 16.5. The summed E-state index contributed by atoms with van der Waals surface area (Å²) in [5.74, 6) is 2.46. The largest absolute Gasteiger partial charge is 0.457 e. The number of ketones is 1. The Morgan fingerprint density at radius 1 is 0.814 bits per heavy atom. The van der Waals surface area contributed by atoms with Gasteiger partial charge >= 0.3 is 0 Å². The predicted octanol–water partition coefficient (Wildman–Crippen LogP) is 7.47. The number of likely N-dealkylation sites (tertiary alicyclic amines) is 1. The van der Waals surface area contributed by atoms with E-state index in [-0.39, 0.29) is 17.6 Å². The van der Waals surface area contributed by atoms with E-state index in [1.54, 1.807) is 6.07 Å². The number of hydrogen-bond acceptors (Lipinski definition) is 4. The van der Waals surface area contributed by atoms with Gasteiger partial charge in [-0.15, -0.1) is 0 Å². The number of ether oxygens (including phenoxy) is 1. The highest BCUT2D eigenvalue weighted by Gasteiger charge is 2.29. The fourth-order valence-electron chi connectivity index (χ4n) is 6.46. The molecule has 43 heavy (non-hydrogen) atoms. The lowest BCUT2D eigenvalue weighted by Crippen LogP contribution is -2.35. The number of amides is 1. The molecule has 220 valence electrons. The molecule has 2 aliphatic rings. The van der Waals surface area contributed by atoms with Gasteiger partial charge in [0.2, 0.25) is 0 Å². The van der Waals surface area contributed by atoms with Crippen LogP contribution in [0.1, 0.15) is 69.0 Å². The summed E-state index contributed by atoms with van der Waals surface area (Å²) in [6.07, 6.45) is 5.72. The maximum absolute atomic E-state index is 13.3. The van der Waals surface area contributed by atoms with Crippen molar-refractivity contribution in [3.05, 3.63) is 131 Å². The Morgan fingerprint density at radius 2 is 1.51 bits per heavy atom. The number of nitrogens with zero attached hydrogens (tertiary/aromatic N) is 1. The Morgan fingerprint density at radius 3 is 2.26 bits per heavy atom. The molecule has 6 rings (SSSR count). The molecule has 1 saturated heterocycles. The van der Waals surface area contributed by atoms with Crippen LogP contribution in [0.15, 0.2) is 103 Å². The van der Waals surface area contributed by atoms with Gasteiger partial charge in [0.05, 0.1) is 0 Å². The number of rotatable bonds is 10. The van der Waals surface area contributed by atoms with Gasteiger partial charge < -0.3 is 15.0 Å². The zero-order chi connectivity index (χ0) is 29.4. The standard InChI is InChI=1S/C38H40N2O3/c41-37-31(22-26-40-24-20-30(21-25-40)29-7-3-1-4-8-29)13-14-32-27-33(15-18-36(32)37)38(42)39-23-19-28-11-16-35(17-12-28)43-34-9-5-2-6-10-34/h1-12,15-18,27,30-31H,13-14,19-26H2,(H,39,42).